The number of benzene rings is 2. The number of sulfonamides is 1. The lowest BCUT2D eigenvalue weighted by Crippen LogP contribution is -2.43. The molecule has 1 fully saturated rings. The van der Waals surface area contributed by atoms with E-state index in [1.807, 2.05) is 42.5 Å². The highest BCUT2D eigenvalue weighted by Crippen LogP contribution is 2.19. The minimum absolute atomic E-state index is 0.0173. The molecule has 0 bridgehead atoms. The summed E-state index contributed by atoms with van der Waals surface area (Å²) >= 11 is 0. The molecule has 3 rings (SSSR count). The van der Waals surface area contributed by atoms with Crippen LogP contribution in [0.5, 0.6) is 5.75 Å². The first kappa shape index (κ1) is 24.7. The van der Waals surface area contributed by atoms with E-state index in [4.69, 9.17) is 4.74 Å². The zero-order chi connectivity index (χ0) is 23.7. The summed E-state index contributed by atoms with van der Waals surface area (Å²) < 4.78 is 31.1. The molecule has 8 nitrogen and oxygen atoms in total. The largest absolute Gasteiger partial charge is 0.493 e. The number of likely N-dealkylation sites (tertiary alicyclic amines) is 1. The number of hydrogen-bond acceptors (Lipinski definition) is 5. The van der Waals surface area contributed by atoms with Gasteiger partial charge in [-0.3, -0.25) is 9.59 Å². The van der Waals surface area contributed by atoms with Crippen LogP contribution in [0, 0.1) is 5.92 Å². The van der Waals surface area contributed by atoms with Crippen LogP contribution < -0.4 is 14.8 Å². The van der Waals surface area contributed by atoms with Crippen LogP contribution in [0.4, 0.5) is 0 Å². The molecule has 0 atom stereocenters. The van der Waals surface area contributed by atoms with Crippen molar-refractivity contribution in [2.75, 3.05) is 26.7 Å². The summed E-state index contributed by atoms with van der Waals surface area (Å²) in [6, 6.07) is 16.5. The first-order valence-corrected chi connectivity index (χ1v) is 12.7. The summed E-state index contributed by atoms with van der Waals surface area (Å²) in [4.78, 5) is 26.8. The molecule has 9 heteroatoms. The lowest BCUT2D eigenvalue weighted by Gasteiger charge is -2.31. The summed E-state index contributed by atoms with van der Waals surface area (Å²) in [6.07, 6.45) is 1.59. The maximum Gasteiger partial charge on any atom is 0.225 e. The van der Waals surface area contributed by atoms with E-state index in [2.05, 4.69) is 10.0 Å². The molecule has 0 saturated carbocycles. The molecule has 1 heterocycles. The van der Waals surface area contributed by atoms with Crippen LogP contribution in [0.1, 0.15) is 30.4 Å². The molecule has 0 spiro atoms. The monoisotopic (exact) mass is 473 g/mol. The standard InChI is InChI=1S/C24H31N3O5S/c1-25-33(30,31)18-20-9-7-19(8-10-20)17-26-24(29)21-11-14-27(15-12-21)23(28)13-16-32-22-5-3-2-4-6-22/h2-10,21,25H,11-18H2,1H3,(H,26,29). The number of piperidine rings is 1. The van der Waals surface area contributed by atoms with Crippen LogP contribution in [0.15, 0.2) is 54.6 Å². The van der Waals surface area contributed by atoms with E-state index in [0.717, 1.165) is 11.3 Å². The normalized spacial score (nSPS) is 14.6. The molecule has 178 valence electrons. The van der Waals surface area contributed by atoms with Crippen LogP contribution in [-0.4, -0.2) is 51.9 Å². The number of nitrogens with one attached hydrogen (secondary N) is 2. The fourth-order valence-corrected chi connectivity index (χ4v) is 4.48. The third-order valence-corrected chi connectivity index (χ3v) is 7.04. The number of ether oxygens (including phenoxy) is 1. The Bertz CT molecular complexity index is 1020. The Hall–Kier alpha value is -2.91. The molecular weight excluding hydrogens is 442 g/mol. The number of carbonyl (C=O) groups is 2. The summed E-state index contributed by atoms with van der Waals surface area (Å²) in [5, 5.41) is 2.95. The molecule has 1 aliphatic rings. The van der Waals surface area contributed by atoms with Gasteiger partial charge in [0.1, 0.15) is 5.75 Å². The lowest BCUT2D eigenvalue weighted by atomic mass is 9.95. The Labute approximate surface area is 195 Å². The van der Waals surface area contributed by atoms with E-state index >= 15 is 0 Å². The zero-order valence-electron chi connectivity index (χ0n) is 18.8. The van der Waals surface area contributed by atoms with Crippen molar-refractivity contribution in [1.82, 2.24) is 14.9 Å². The van der Waals surface area contributed by atoms with Gasteiger partial charge in [0.2, 0.25) is 21.8 Å². The number of hydrogen-bond donors (Lipinski definition) is 2. The fraction of sp³-hybridized carbons (Fsp3) is 0.417. The van der Waals surface area contributed by atoms with Crippen LogP contribution in [0.25, 0.3) is 0 Å². The van der Waals surface area contributed by atoms with Crippen molar-refractivity contribution in [1.29, 1.82) is 0 Å². The van der Waals surface area contributed by atoms with Gasteiger partial charge in [0.25, 0.3) is 0 Å². The zero-order valence-corrected chi connectivity index (χ0v) is 19.6. The van der Waals surface area contributed by atoms with Crippen LogP contribution in [0.2, 0.25) is 0 Å². The Morgan fingerprint density at radius 3 is 2.27 bits per heavy atom. The van der Waals surface area contributed by atoms with E-state index in [0.29, 0.717) is 51.1 Å². The maximum atomic E-state index is 12.5. The van der Waals surface area contributed by atoms with Crippen molar-refractivity contribution in [3.63, 3.8) is 0 Å². The summed E-state index contributed by atoms with van der Waals surface area (Å²) in [5.74, 6) is 0.584. The van der Waals surface area contributed by atoms with Crippen molar-refractivity contribution in [2.24, 2.45) is 5.92 Å². The highest BCUT2D eigenvalue weighted by molar-refractivity contribution is 7.88. The summed E-state index contributed by atoms with van der Waals surface area (Å²) in [6.45, 7) is 1.85. The van der Waals surface area contributed by atoms with Gasteiger partial charge in [-0.05, 0) is 43.1 Å². The number of para-hydroxylation sites is 1. The third-order valence-electron chi connectivity index (χ3n) is 5.70. The van der Waals surface area contributed by atoms with Gasteiger partial charge < -0.3 is 15.0 Å². The van der Waals surface area contributed by atoms with Gasteiger partial charge in [-0.1, -0.05) is 42.5 Å². The van der Waals surface area contributed by atoms with Crippen molar-refractivity contribution >= 4 is 21.8 Å². The van der Waals surface area contributed by atoms with Crippen LogP contribution in [0.3, 0.4) is 0 Å². The van der Waals surface area contributed by atoms with Crippen molar-refractivity contribution < 1.29 is 22.7 Å². The second-order valence-corrected chi connectivity index (χ2v) is 9.99. The molecule has 2 amide bonds. The Morgan fingerprint density at radius 1 is 1.00 bits per heavy atom. The summed E-state index contributed by atoms with van der Waals surface area (Å²) in [5.41, 5.74) is 1.59. The quantitative estimate of drug-likeness (QED) is 0.550. The van der Waals surface area contributed by atoms with Crippen LogP contribution >= 0.6 is 0 Å². The van der Waals surface area contributed by atoms with E-state index in [1.54, 1.807) is 17.0 Å². The van der Waals surface area contributed by atoms with E-state index in [1.165, 1.54) is 7.05 Å². The average Bonchev–Trinajstić information content (AvgIpc) is 2.84. The van der Waals surface area contributed by atoms with Gasteiger partial charge in [0.15, 0.2) is 0 Å². The maximum absolute atomic E-state index is 12.5. The van der Waals surface area contributed by atoms with Crippen LogP contribution in [-0.2, 0) is 31.9 Å². The summed E-state index contributed by atoms with van der Waals surface area (Å²) in [7, 11) is -1.92. The third kappa shape index (κ3) is 7.87. The molecule has 0 aliphatic carbocycles. The molecule has 2 N–H and O–H groups in total. The van der Waals surface area contributed by atoms with E-state index in [-0.39, 0.29) is 23.5 Å². The molecule has 0 unspecified atom stereocenters. The Kier molecular flexibility index (Phi) is 8.85. The second-order valence-electron chi connectivity index (χ2n) is 8.06. The lowest BCUT2D eigenvalue weighted by molar-refractivity contribution is -0.136. The van der Waals surface area contributed by atoms with Gasteiger partial charge in [-0.25, -0.2) is 13.1 Å². The smallest absolute Gasteiger partial charge is 0.225 e. The van der Waals surface area contributed by atoms with Gasteiger partial charge >= 0.3 is 0 Å². The van der Waals surface area contributed by atoms with Crippen molar-refractivity contribution in [2.45, 2.75) is 31.6 Å². The predicted octanol–water partition coefficient (Wildman–Crippen LogP) is 2.06. The Balaban J connectivity index is 1.36. The molecule has 2 aromatic rings. The SMILES string of the molecule is CNS(=O)(=O)Cc1ccc(CNC(=O)C2CCN(C(=O)CCOc3ccccc3)CC2)cc1. The predicted molar refractivity (Wildman–Crippen MR) is 126 cm³/mol. The Morgan fingerprint density at radius 2 is 1.64 bits per heavy atom. The first-order valence-electron chi connectivity index (χ1n) is 11.1. The molecular formula is C24H31N3O5S. The van der Waals surface area contributed by atoms with Gasteiger partial charge in [-0.2, -0.15) is 0 Å². The number of carbonyl (C=O) groups excluding carboxylic acids is 2. The number of nitrogens with zero attached hydrogens (tertiary/aromatic N) is 1. The van der Waals surface area contributed by atoms with Gasteiger partial charge in [0, 0.05) is 25.6 Å². The van der Waals surface area contributed by atoms with Crippen molar-refractivity contribution in [3.05, 3.63) is 65.7 Å². The molecule has 2 aromatic carbocycles. The number of rotatable bonds is 10. The fourth-order valence-electron chi connectivity index (χ4n) is 3.70. The van der Waals surface area contributed by atoms with Gasteiger partial charge in [0.05, 0.1) is 18.8 Å². The number of amides is 2. The second kappa shape index (κ2) is 11.8. The first-order chi connectivity index (χ1) is 15.9. The molecule has 1 aliphatic heterocycles. The highest BCUT2D eigenvalue weighted by atomic mass is 32.2. The topological polar surface area (TPSA) is 105 Å². The minimum Gasteiger partial charge on any atom is -0.493 e. The van der Waals surface area contributed by atoms with Crippen molar-refractivity contribution in [3.8, 4) is 5.75 Å². The average molecular weight is 474 g/mol. The molecule has 33 heavy (non-hydrogen) atoms. The molecule has 1 saturated heterocycles. The van der Waals surface area contributed by atoms with Gasteiger partial charge in [-0.15, -0.1) is 0 Å². The van der Waals surface area contributed by atoms with E-state index in [9.17, 15) is 18.0 Å². The highest BCUT2D eigenvalue weighted by Gasteiger charge is 2.27. The molecule has 0 radical (unpaired) electrons. The van der Waals surface area contributed by atoms with E-state index < -0.39 is 10.0 Å². The molecule has 0 aromatic heterocycles. The minimum atomic E-state index is -3.31.